The Balaban J connectivity index is 2.62. The lowest BCUT2D eigenvalue weighted by Crippen LogP contribution is -2.00. The van der Waals surface area contributed by atoms with Crippen LogP contribution in [0.5, 0.6) is 0 Å². The van der Waals surface area contributed by atoms with Crippen LogP contribution in [0, 0.1) is 19.7 Å². The van der Waals surface area contributed by atoms with E-state index < -0.39 is 0 Å². The summed E-state index contributed by atoms with van der Waals surface area (Å²) in [7, 11) is 0. The number of hydrogen-bond donors (Lipinski definition) is 0. The molecule has 2 rings (SSSR count). The average molecular weight is 270 g/mol. The maximum atomic E-state index is 13.1. The van der Waals surface area contributed by atoms with Gasteiger partial charge in [-0.3, -0.25) is 0 Å². The molecule has 15 heavy (non-hydrogen) atoms. The largest absolute Gasteiger partial charge is 0.220 e. The number of aromatic nitrogens is 3. The van der Waals surface area contributed by atoms with Crippen molar-refractivity contribution in [2.75, 3.05) is 0 Å². The van der Waals surface area contributed by atoms with E-state index in [4.69, 9.17) is 0 Å². The minimum Gasteiger partial charge on any atom is -0.220 e. The fourth-order valence-electron chi connectivity index (χ4n) is 1.44. The van der Waals surface area contributed by atoms with Crippen LogP contribution in [0.3, 0.4) is 0 Å². The van der Waals surface area contributed by atoms with Crippen LogP contribution in [0.25, 0.3) is 5.69 Å². The van der Waals surface area contributed by atoms with Crippen molar-refractivity contribution in [1.29, 1.82) is 0 Å². The lowest BCUT2D eigenvalue weighted by atomic mass is 10.2. The quantitative estimate of drug-likeness (QED) is 0.797. The highest BCUT2D eigenvalue weighted by atomic mass is 79.9. The van der Waals surface area contributed by atoms with E-state index in [2.05, 4.69) is 26.0 Å². The maximum Gasteiger partial charge on any atom is 0.147 e. The predicted molar refractivity (Wildman–Crippen MR) is 58.5 cm³/mol. The van der Waals surface area contributed by atoms with Crippen LogP contribution in [-0.2, 0) is 0 Å². The lowest BCUT2D eigenvalue weighted by Gasteiger charge is -2.07. The third kappa shape index (κ3) is 1.92. The van der Waals surface area contributed by atoms with Gasteiger partial charge in [0.25, 0.3) is 0 Å². The number of hydrogen-bond acceptors (Lipinski definition) is 2. The van der Waals surface area contributed by atoms with E-state index in [1.165, 1.54) is 12.1 Å². The maximum absolute atomic E-state index is 13.1. The number of benzene rings is 1. The molecule has 0 unspecified atom stereocenters. The van der Waals surface area contributed by atoms with Gasteiger partial charge < -0.3 is 0 Å². The molecule has 0 aliphatic heterocycles. The first kappa shape index (κ1) is 10.3. The molecule has 3 nitrogen and oxygen atoms in total. The van der Waals surface area contributed by atoms with Crippen LogP contribution in [0.4, 0.5) is 4.39 Å². The second kappa shape index (κ2) is 3.73. The summed E-state index contributed by atoms with van der Waals surface area (Å²) in [6.45, 7) is 3.64. The van der Waals surface area contributed by atoms with Crippen LogP contribution < -0.4 is 0 Å². The van der Waals surface area contributed by atoms with E-state index in [1.807, 2.05) is 13.8 Å². The zero-order chi connectivity index (χ0) is 11.0. The van der Waals surface area contributed by atoms with E-state index in [-0.39, 0.29) is 5.82 Å². The van der Waals surface area contributed by atoms with Crippen LogP contribution in [0.1, 0.15) is 11.4 Å². The highest BCUT2D eigenvalue weighted by Crippen LogP contribution is 2.25. The molecule has 5 heteroatoms. The van der Waals surface area contributed by atoms with Crippen LogP contribution in [0.15, 0.2) is 22.9 Å². The number of nitrogens with zero attached hydrogens (tertiary/aromatic N) is 3. The Bertz CT molecular complexity index is 484. The van der Waals surface area contributed by atoms with Crippen LogP contribution in [0.2, 0.25) is 0 Å². The summed E-state index contributed by atoms with van der Waals surface area (Å²) < 4.78 is 15.4. The van der Waals surface area contributed by atoms with Crippen LogP contribution >= 0.6 is 15.9 Å². The van der Waals surface area contributed by atoms with Gasteiger partial charge >= 0.3 is 0 Å². The zero-order valence-corrected chi connectivity index (χ0v) is 9.92. The summed E-state index contributed by atoms with van der Waals surface area (Å²) in [5, 5.41) is 4.19. The van der Waals surface area contributed by atoms with E-state index in [9.17, 15) is 4.39 Å². The summed E-state index contributed by atoms with van der Waals surface area (Å²) in [6.07, 6.45) is 1.61. The summed E-state index contributed by atoms with van der Waals surface area (Å²) in [5.74, 6) is 0.422. The molecule has 0 N–H and O–H groups in total. The SMILES string of the molecule is Cc1ncn(-c2c(C)cc(F)cc2Br)n1. The molecule has 0 saturated carbocycles. The van der Waals surface area contributed by atoms with Gasteiger partial charge in [0.05, 0.1) is 5.69 Å². The highest BCUT2D eigenvalue weighted by molar-refractivity contribution is 9.10. The Morgan fingerprint density at radius 2 is 2.07 bits per heavy atom. The monoisotopic (exact) mass is 269 g/mol. The Morgan fingerprint density at radius 1 is 1.33 bits per heavy atom. The zero-order valence-electron chi connectivity index (χ0n) is 8.33. The molecule has 1 aromatic heterocycles. The molecule has 0 aliphatic rings. The lowest BCUT2D eigenvalue weighted by molar-refractivity contribution is 0.624. The normalized spacial score (nSPS) is 10.7. The van der Waals surface area contributed by atoms with Crippen LogP contribution in [-0.4, -0.2) is 14.8 Å². The third-order valence-corrected chi connectivity index (χ3v) is 2.66. The molecule has 0 aliphatic carbocycles. The molecule has 0 amide bonds. The van der Waals surface area contributed by atoms with Crippen molar-refractivity contribution in [3.63, 3.8) is 0 Å². The first-order valence-corrected chi connectivity index (χ1v) is 5.21. The van der Waals surface area contributed by atoms with Crippen molar-refractivity contribution in [2.24, 2.45) is 0 Å². The Kier molecular flexibility index (Phi) is 2.56. The number of aryl methyl sites for hydroxylation is 2. The molecule has 0 radical (unpaired) electrons. The molecule has 0 spiro atoms. The summed E-state index contributed by atoms with van der Waals surface area (Å²) in [6, 6.07) is 2.89. The molecule has 1 heterocycles. The van der Waals surface area contributed by atoms with Crippen molar-refractivity contribution < 1.29 is 4.39 Å². The van der Waals surface area contributed by atoms with Crippen molar-refractivity contribution in [3.8, 4) is 5.69 Å². The first-order chi connectivity index (χ1) is 7.08. The van der Waals surface area contributed by atoms with E-state index in [0.717, 1.165) is 11.3 Å². The highest BCUT2D eigenvalue weighted by Gasteiger charge is 2.09. The molecule has 1 aromatic carbocycles. The van der Waals surface area contributed by atoms with Gasteiger partial charge in [-0.1, -0.05) is 0 Å². The Labute approximate surface area is 95.1 Å². The number of rotatable bonds is 1. The molecule has 0 saturated heterocycles. The average Bonchev–Trinajstić information content (AvgIpc) is 2.49. The minimum atomic E-state index is -0.264. The molecular weight excluding hydrogens is 261 g/mol. The van der Waals surface area contributed by atoms with Crippen molar-refractivity contribution >= 4 is 15.9 Å². The minimum absolute atomic E-state index is 0.264. The van der Waals surface area contributed by atoms with Gasteiger partial charge in [0.2, 0.25) is 0 Å². The van der Waals surface area contributed by atoms with Crippen molar-refractivity contribution in [1.82, 2.24) is 14.8 Å². The second-order valence-electron chi connectivity index (χ2n) is 3.29. The molecular formula is C10H9BrFN3. The van der Waals surface area contributed by atoms with Crippen molar-refractivity contribution in [3.05, 3.63) is 40.1 Å². The van der Waals surface area contributed by atoms with E-state index in [0.29, 0.717) is 10.3 Å². The van der Waals surface area contributed by atoms with Crippen molar-refractivity contribution in [2.45, 2.75) is 13.8 Å². The van der Waals surface area contributed by atoms with Gasteiger partial charge in [-0.25, -0.2) is 14.1 Å². The Hall–Kier alpha value is -1.23. The predicted octanol–water partition coefficient (Wildman–Crippen LogP) is 2.79. The first-order valence-electron chi connectivity index (χ1n) is 4.42. The number of halogens is 2. The van der Waals surface area contributed by atoms with Gasteiger partial charge in [-0.2, -0.15) is 5.10 Å². The molecule has 2 aromatic rings. The topological polar surface area (TPSA) is 30.7 Å². The summed E-state index contributed by atoms with van der Waals surface area (Å²) in [4.78, 5) is 4.03. The molecule has 78 valence electrons. The van der Waals surface area contributed by atoms with E-state index in [1.54, 1.807) is 11.0 Å². The molecule has 0 atom stereocenters. The fraction of sp³-hybridized carbons (Fsp3) is 0.200. The third-order valence-electron chi connectivity index (χ3n) is 2.05. The van der Waals surface area contributed by atoms with Gasteiger partial charge in [0.15, 0.2) is 0 Å². The van der Waals surface area contributed by atoms with Gasteiger partial charge in [0.1, 0.15) is 18.0 Å². The summed E-state index contributed by atoms with van der Waals surface area (Å²) >= 11 is 3.32. The molecule has 0 bridgehead atoms. The van der Waals surface area contributed by atoms with Gasteiger partial charge in [-0.05, 0) is 47.5 Å². The van der Waals surface area contributed by atoms with E-state index >= 15 is 0 Å². The smallest absolute Gasteiger partial charge is 0.147 e. The van der Waals surface area contributed by atoms with Gasteiger partial charge in [-0.15, -0.1) is 0 Å². The fourth-order valence-corrected chi connectivity index (χ4v) is 2.15. The molecule has 0 fully saturated rings. The standard InChI is InChI=1S/C10H9BrFN3/c1-6-3-8(12)4-9(11)10(6)15-5-13-7(2)14-15/h3-5H,1-2H3. The summed E-state index contributed by atoms with van der Waals surface area (Å²) in [5.41, 5.74) is 1.63. The Morgan fingerprint density at radius 3 is 2.60 bits per heavy atom. The second-order valence-corrected chi connectivity index (χ2v) is 4.14. The van der Waals surface area contributed by atoms with Gasteiger partial charge in [0, 0.05) is 4.47 Å².